The molecule has 11 heteroatoms. The van der Waals surface area contributed by atoms with Gasteiger partial charge in [-0.2, -0.15) is 0 Å². The van der Waals surface area contributed by atoms with Crippen LogP contribution in [0.1, 0.15) is 49.4 Å². The number of dihydropyridines is 1. The second-order valence-corrected chi connectivity index (χ2v) is 11.5. The zero-order chi connectivity index (χ0) is 32.4. The Balaban J connectivity index is 1.34. The molecule has 7 N–H and O–H groups in total. The maximum Gasteiger partial charge on any atom is 0.229 e. The van der Waals surface area contributed by atoms with E-state index in [1.165, 1.54) is 12.1 Å². The first-order valence-corrected chi connectivity index (χ1v) is 15.2. The van der Waals surface area contributed by atoms with Crippen molar-refractivity contribution in [2.45, 2.75) is 50.0 Å². The molecule has 0 spiro atoms. The molecular weight excluding hydrogens is 592 g/mol. The van der Waals surface area contributed by atoms with Crippen LogP contribution in [0.4, 0.5) is 0 Å². The minimum Gasteiger partial charge on any atom is -0.504 e. The van der Waals surface area contributed by atoms with Gasteiger partial charge in [-0.1, -0.05) is 60.7 Å². The van der Waals surface area contributed by atoms with E-state index in [0.29, 0.717) is 37.2 Å². The third-order valence-electron chi connectivity index (χ3n) is 8.52. The first-order chi connectivity index (χ1) is 22.3. The van der Waals surface area contributed by atoms with Crippen LogP contribution in [0.2, 0.25) is 0 Å². The molecule has 6 rings (SSSR count). The molecule has 1 fully saturated rings. The highest BCUT2D eigenvalue weighted by molar-refractivity contribution is 6.30. The van der Waals surface area contributed by atoms with Gasteiger partial charge in [0.25, 0.3) is 0 Å². The summed E-state index contributed by atoms with van der Waals surface area (Å²) in [5, 5.41) is 46.0. The lowest BCUT2D eigenvalue weighted by Gasteiger charge is -2.41. The fourth-order valence-corrected chi connectivity index (χ4v) is 6.09. The highest BCUT2D eigenvalue weighted by Crippen LogP contribution is 2.42. The summed E-state index contributed by atoms with van der Waals surface area (Å²) in [6.45, 7) is 0.0295. The van der Waals surface area contributed by atoms with Gasteiger partial charge in [0.05, 0.1) is 24.6 Å². The maximum atomic E-state index is 13.8. The second-order valence-electron chi connectivity index (χ2n) is 11.5. The lowest BCUT2D eigenvalue weighted by Crippen LogP contribution is -2.61. The minimum atomic E-state index is -1.52. The van der Waals surface area contributed by atoms with Crippen molar-refractivity contribution >= 4 is 11.6 Å². The summed E-state index contributed by atoms with van der Waals surface area (Å²) in [5.74, 6) is -1.13. The van der Waals surface area contributed by atoms with Crippen molar-refractivity contribution in [3.8, 4) is 11.5 Å². The Hall–Kier alpha value is -4.52. The molecule has 0 amide bonds. The molecule has 3 aliphatic rings. The molecule has 0 bridgehead atoms. The number of carbonyl (C=O) groups excluding carboxylic acids is 2. The number of nitrogens with two attached hydrogens (primary N) is 1. The Morgan fingerprint density at radius 1 is 0.913 bits per heavy atom. The monoisotopic (exact) mass is 628 g/mol. The SMILES string of the molecule is NC1=CC(CCOC2C(Oc3cc(CCc4ccccc4)c4c(c3O)C(=O)c3ccccc3C4=O)OC(CO)C(O)C2O)=CCN1. The molecule has 46 heavy (non-hydrogen) atoms. The molecule has 2 aliphatic heterocycles. The average molecular weight is 629 g/mol. The van der Waals surface area contributed by atoms with Crippen molar-refractivity contribution in [2.75, 3.05) is 19.8 Å². The Bertz CT molecular complexity index is 1690. The van der Waals surface area contributed by atoms with E-state index in [2.05, 4.69) is 5.32 Å². The number of hydrogen-bond acceptors (Lipinski definition) is 11. The number of phenolic OH excluding ortho intramolecular Hbond substituents is 1. The van der Waals surface area contributed by atoms with Gasteiger partial charge in [-0.05, 0) is 48.1 Å². The van der Waals surface area contributed by atoms with Crippen LogP contribution in [0, 0.1) is 0 Å². The number of fused-ring (bicyclic) bond motifs is 2. The Morgan fingerprint density at radius 2 is 1.61 bits per heavy atom. The van der Waals surface area contributed by atoms with Crippen molar-refractivity contribution in [2.24, 2.45) is 5.73 Å². The van der Waals surface area contributed by atoms with E-state index in [0.717, 1.165) is 11.1 Å². The summed E-state index contributed by atoms with van der Waals surface area (Å²) < 4.78 is 18.0. The van der Waals surface area contributed by atoms with Gasteiger partial charge in [-0.15, -0.1) is 0 Å². The van der Waals surface area contributed by atoms with Gasteiger partial charge in [-0.3, -0.25) is 9.59 Å². The molecule has 5 atom stereocenters. The molecule has 0 aromatic heterocycles. The van der Waals surface area contributed by atoms with Gasteiger partial charge in [-0.25, -0.2) is 0 Å². The lowest BCUT2D eigenvalue weighted by atomic mass is 9.80. The van der Waals surface area contributed by atoms with Crippen LogP contribution in [0.25, 0.3) is 0 Å². The first-order valence-electron chi connectivity index (χ1n) is 15.2. The van der Waals surface area contributed by atoms with Crippen LogP contribution in [-0.4, -0.2) is 82.5 Å². The number of ketones is 2. The number of rotatable bonds is 10. The van der Waals surface area contributed by atoms with Crippen molar-refractivity contribution in [3.63, 3.8) is 0 Å². The standard InChI is InChI=1S/C35H36N2O9/c36-26-16-20(12-14-37-26)13-15-44-34-33(43)32(42)25(18-38)46-35(34)45-24-17-21(11-10-19-6-2-1-3-7-19)27-28(31(24)41)30(40)23-9-5-4-8-22(23)29(27)39/h1-9,12,16-17,25,32-35,37-38,41-43H,10-11,13-15,18,36H2. The van der Waals surface area contributed by atoms with Crippen molar-refractivity contribution in [1.82, 2.24) is 5.32 Å². The highest BCUT2D eigenvalue weighted by atomic mass is 16.7. The van der Waals surface area contributed by atoms with Gasteiger partial charge in [0, 0.05) is 23.2 Å². The molecule has 1 saturated heterocycles. The Labute approximate surface area is 265 Å². The summed E-state index contributed by atoms with van der Waals surface area (Å²) in [6, 6.07) is 17.6. The van der Waals surface area contributed by atoms with Crippen LogP contribution < -0.4 is 15.8 Å². The van der Waals surface area contributed by atoms with Crippen molar-refractivity contribution < 1.29 is 44.2 Å². The molecular formula is C35H36N2O9. The van der Waals surface area contributed by atoms with E-state index in [9.17, 15) is 30.0 Å². The first kappa shape index (κ1) is 31.5. The molecule has 240 valence electrons. The molecule has 1 aliphatic carbocycles. The highest BCUT2D eigenvalue weighted by Gasteiger charge is 2.47. The maximum absolute atomic E-state index is 13.8. The number of aliphatic hydroxyl groups excluding tert-OH is 3. The molecule has 3 aromatic rings. The van der Waals surface area contributed by atoms with Crippen LogP contribution in [-0.2, 0) is 22.3 Å². The van der Waals surface area contributed by atoms with E-state index < -0.39 is 48.8 Å². The molecule has 11 nitrogen and oxygen atoms in total. The number of allylic oxidation sites excluding steroid dienone is 1. The minimum absolute atomic E-state index is 0.0966. The predicted octanol–water partition coefficient (Wildman–Crippen LogP) is 1.88. The van der Waals surface area contributed by atoms with E-state index >= 15 is 0 Å². The summed E-state index contributed by atoms with van der Waals surface area (Å²) in [4.78, 5) is 27.5. The molecule has 5 unspecified atom stereocenters. The summed E-state index contributed by atoms with van der Waals surface area (Å²) in [5.41, 5.74) is 8.59. The fourth-order valence-electron chi connectivity index (χ4n) is 6.09. The van der Waals surface area contributed by atoms with Gasteiger partial charge < -0.3 is 45.7 Å². The van der Waals surface area contributed by atoms with Crippen LogP contribution in [0.3, 0.4) is 0 Å². The van der Waals surface area contributed by atoms with Crippen LogP contribution in [0.5, 0.6) is 11.5 Å². The van der Waals surface area contributed by atoms with Crippen LogP contribution in [0.15, 0.2) is 84.2 Å². The van der Waals surface area contributed by atoms with E-state index in [4.69, 9.17) is 19.9 Å². The predicted molar refractivity (Wildman–Crippen MR) is 166 cm³/mol. The third kappa shape index (κ3) is 6.15. The quantitative estimate of drug-likeness (QED) is 0.151. The topological polar surface area (TPSA) is 181 Å². The van der Waals surface area contributed by atoms with Gasteiger partial charge in [0.15, 0.2) is 23.1 Å². The van der Waals surface area contributed by atoms with E-state index in [-0.39, 0.29) is 40.4 Å². The number of ether oxygens (including phenoxy) is 3. The van der Waals surface area contributed by atoms with Gasteiger partial charge in [0.2, 0.25) is 6.29 Å². The van der Waals surface area contributed by atoms with Crippen LogP contribution >= 0.6 is 0 Å². The smallest absolute Gasteiger partial charge is 0.229 e. The third-order valence-corrected chi connectivity index (χ3v) is 8.52. The number of carbonyl (C=O) groups is 2. The lowest BCUT2D eigenvalue weighted by molar-refractivity contribution is -0.287. The molecule has 3 aromatic carbocycles. The molecule has 0 radical (unpaired) electrons. The summed E-state index contributed by atoms with van der Waals surface area (Å²) in [6.07, 6.45) is -1.87. The Kier molecular flexibility index (Phi) is 9.20. The largest absolute Gasteiger partial charge is 0.504 e. The fraction of sp³-hybridized carbons (Fsp3) is 0.314. The number of hydrogen-bond donors (Lipinski definition) is 6. The zero-order valence-corrected chi connectivity index (χ0v) is 25.0. The number of nitrogens with one attached hydrogen (secondary N) is 1. The van der Waals surface area contributed by atoms with Crippen molar-refractivity contribution in [1.29, 1.82) is 0 Å². The second kappa shape index (κ2) is 13.5. The van der Waals surface area contributed by atoms with E-state index in [1.807, 2.05) is 36.4 Å². The van der Waals surface area contributed by atoms with Gasteiger partial charge >= 0.3 is 0 Å². The average Bonchev–Trinajstić information content (AvgIpc) is 3.07. The van der Waals surface area contributed by atoms with E-state index in [1.54, 1.807) is 24.3 Å². The normalized spacial score (nSPS) is 23.9. The summed E-state index contributed by atoms with van der Waals surface area (Å²) in [7, 11) is 0. The molecule has 2 heterocycles. The number of phenols is 1. The summed E-state index contributed by atoms with van der Waals surface area (Å²) >= 11 is 0. The van der Waals surface area contributed by atoms with Crippen molar-refractivity contribution in [3.05, 3.63) is 118 Å². The molecule has 0 saturated carbocycles. The number of aliphatic hydroxyl groups is 3. The zero-order valence-electron chi connectivity index (χ0n) is 25.0. The number of aryl methyl sites for hydroxylation is 2. The van der Waals surface area contributed by atoms with Gasteiger partial charge in [0.1, 0.15) is 24.4 Å². The number of aromatic hydroxyl groups is 1. The Morgan fingerprint density at radius 3 is 2.30 bits per heavy atom. The number of benzene rings is 3.